The Morgan fingerprint density at radius 3 is 2.80 bits per heavy atom. The van der Waals surface area contributed by atoms with Crippen molar-refractivity contribution in [2.45, 2.75) is 25.3 Å². The molecule has 7 heteroatoms. The molecule has 2 aromatic rings. The Hall–Kier alpha value is -2.70. The number of carbonyl (C=O) groups is 2. The number of nitrogens with one attached hydrogen (secondary N) is 1. The molecule has 0 radical (unpaired) electrons. The van der Waals surface area contributed by atoms with Crippen molar-refractivity contribution in [3.05, 3.63) is 41.8 Å². The van der Waals surface area contributed by atoms with Crippen LogP contribution < -0.4 is 5.32 Å². The Morgan fingerprint density at radius 1 is 1.32 bits per heavy atom. The average Bonchev–Trinajstić information content (AvgIpc) is 3.30. The molecule has 25 heavy (non-hydrogen) atoms. The van der Waals surface area contributed by atoms with Crippen molar-refractivity contribution < 1.29 is 18.5 Å². The quantitative estimate of drug-likeness (QED) is 0.924. The maximum absolute atomic E-state index is 13.0. The monoisotopic (exact) mass is 343 g/mol. The number of nitrogens with zero attached hydrogens (tertiary/aromatic N) is 2. The van der Waals surface area contributed by atoms with Crippen LogP contribution in [0, 0.1) is 11.7 Å². The summed E-state index contributed by atoms with van der Waals surface area (Å²) in [5, 5.41) is 6.68. The highest BCUT2D eigenvalue weighted by molar-refractivity contribution is 5.97. The van der Waals surface area contributed by atoms with Gasteiger partial charge in [0.2, 0.25) is 5.91 Å². The van der Waals surface area contributed by atoms with Crippen molar-refractivity contribution >= 4 is 11.8 Å². The smallest absolute Gasteiger partial charge is 0.276 e. The van der Waals surface area contributed by atoms with Gasteiger partial charge in [0.25, 0.3) is 5.91 Å². The summed E-state index contributed by atoms with van der Waals surface area (Å²) in [7, 11) is 0. The first-order chi connectivity index (χ1) is 12.1. The minimum atomic E-state index is -0.445. The van der Waals surface area contributed by atoms with Crippen LogP contribution in [0.1, 0.15) is 29.8 Å². The average molecular weight is 343 g/mol. The van der Waals surface area contributed by atoms with Crippen molar-refractivity contribution in [1.29, 1.82) is 0 Å². The molecule has 1 saturated carbocycles. The molecule has 1 atom stereocenters. The molecule has 2 aliphatic rings. The molecule has 0 bridgehead atoms. The zero-order valence-corrected chi connectivity index (χ0v) is 13.6. The molecule has 1 aliphatic heterocycles. The van der Waals surface area contributed by atoms with Gasteiger partial charge in [0.1, 0.15) is 11.9 Å². The van der Waals surface area contributed by atoms with E-state index in [1.54, 1.807) is 17.0 Å². The van der Waals surface area contributed by atoms with E-state index in [4.69, 9.17) is 4.52 Å². The summed E-state index contributed by atoms with van der Waals surface area (Å²) in [6.45, 7) is 0.898. The largest absolute Gasteiger partial charge is 0.355 e. The third-order valence-corrected chi connectivity index (χ3v) is 4.70. The Kier molecular flexibility index (Phi) is 3.99. The number of benzene rings is 1. The van der Waals surface area contributed by atoms with Crippen LogP contribution in [0.5, 0.6) is 0 Å². The number of hydrogen-bond donors (Lipinski definition) is 1. The molecule has 1 aromatic heterocycles. The Labute approximate surface area is 144 Å². The summed E-state index contributed by atoms with van der Waals surface area (Å²) in [6.07, 6.45) is 2.93. The first kappa shape index (κ1) is 15.8. The highest BCUT2D eigenvalue weighted by atomic mass is 19.1. The first-order valence-corrected chi connectivity index (χ1v) is 8.43. The second-order valence-corrected chi connectivity index (χ2v) is 6.57. The summed E-state index contributed by atoms with van der Waals surface area (Å²) in [5.74, 6) is 0.160. The standard InChI is InChI=1S/C18H18FN3O3/c19-13-5-3-12(4-6-13)16-10-14(21-25-16)18(24)22-8-7-20-17(23)15(22)9-11-1-2-11/h3-6,10-11,15H,1-2,7-9H2,(H,20,23). The summed E-state index contributed by atoms with van der Waals surface area (Å²) < 4.78 is 18.3. The SMILES string of the molecule is O=C1NCCN(C(=O)c2cc(-c3ccc(F)cc3)on2)C1CC1CC1. The van der Waals surface area contributed by atoms with Crippen molar-refractivity contribution in [1.82, 2.24) is 15.4 Å². The van der Waals surface area contributed by atoms with Gasteiger partial charge >= 0.3 is 0 Å². The predicted octanol–water partition coefficient (Wildman–Crippen LogP) is 2.22. The van der Waals surface area contributed by atoms with Crippen molar-refractivity contribution in [3.8, 4) is 11.3 Å². The topological polar surface area (TPSA) is 75.4 Å². The lowest BCUT2D eigenvalue weighted by Crippen LogP contribution is -2.57. The van der Waals surface area contributed by atoms with Gasteiger partial charge in [0.05, 0.1) is 0 Å². The summed E-state index contributed by atoms with van der Waals surface area (Å²) in [6, 6.07) is 6.86. The fourth-order valence-corrected chi connectivity index (χ4v) is 3.13. The Bertz CT molecular complexity index is 798. The van der Waals surface area contributed by atoms with Crippen LogP contribution in [0.25, 0.3) is 11.3 Å². The van der Waals surface area contributed by atoms with Crippen LogP contribution in [-0.4, -0.2) is 41.0 Å². The lowest BCUT2D eigenvalue weighted by atomic mass is 10.0. The molecule has 2 amide bonds. The summed E-state index contributed by atoms with van der Waals surface area (Å²) >= 11 is 0. The molecule has 1 saturated heterocycles. The minimum absolute atomic E-state index is 0.103. The van der Waals surface area contributed by atoms with Gasteiger partial charge in [-0.1, -0.05) is 18.0 Å². The molecule has 130 valence electrons. The van der Waals surface area contributed by atoms with Gasteiger partial charge in [0.15, 0.2) is 11.5 Å². The van der Waals surface area contributed by atoms with Crippen LogP contribution in [0.2, 0.25) is 0 Å². The molecule has 0 spiro atoms. The van der Waals surface area contributed by atoms with Crippen LogP contribution in [0.4, 0.5) is 4.39 Å². The second-order valence-electron chi connectivity index (χ2n) is 6.57. The molecule has 1 aliphatic carbocycles. The molecule has 6 nitrogen and oxygen atoms in total. The zero-order valence-electron chi connectivity index (χ0n) is 13.6. The van der Waals surface area contributed by atoms with Gasteiger partial charge in [-0.05, 0) is 36.6 Å². The van der Waals surface area contributed by atoms with Gasteiger partial charge in [0, 0.05) is 24.7 Å². The molecule has 1 aromatic carbocycles. The molecule has 1 unspecified atom stereocenters. The van der Waals surface area contributed by atoms with E-state index in [0.717, 1.165) is 12.8 Å². The highest BCUT2D eigenvalue weighted by Crippen LogP contribution is 2.35. The van der Waals surface area contributed by atoms with E-state index in [1.807, 2.05) is 0 Å². The number of piperazine rings is 1. The minimum Gasteiger partial charge on any atom is -0.355 e. The molecular formula is C18H18FN3O3. The van der Waals surface area contributed by atoms with Crippen molar-refractivity contribution in [3.63, 3.8) is 0 Å². The Balaban J connectivity index is 1.55. The van der Waals surface area contributed by atoms with Gasteiger partial charge < -0.3 is 14.7 Å². The summed E-state index contributed by atoms with van der Waals surface area (Å²) in [4.78, 5) is 26.6. The normalized spacial score (nSPS) is 20.4. The second kappa shape index (κ2) is 6.31. The zero-order chi connectivity index (χ0) is 17.4. The van der Waals surface area contributed by atoms with Crippen LogP contribution in [-0.2, 0) is 4.79 Å². The number of amides is 2. The highest BCUT2D eigenvalue weighted by Gasteiger charge is 2.38. The lowest BCUT2D eigenvalue weighted by Gasteiger charge is -2.34. The fraction of sp³-hybridized carbons (Fsp3) is 0.389. The Morgan fingerprint density at radius 2 is 2.08 bits per heavy atom. The van der Waals surface area contributed by atoms with E-state index in [1.165, 1.54) is 18.2 Å². The van der Waals surface area contributed by atoms with Crippen LogP contribution >= 0.6 is 0 Å². The van der Waals surface area contributed by atoms with Crippen LogP contribution in [0.15, 0.2) is 34.9 Å². The third-order valence-electron chi connectivity index (χ3n) is 4.70. The van der Waals surface area contributed by atoms with E-state index < -0.39 is 6.04 Å². The number of aromatic nitrogens is 1. The number of carbonyl (C=O) groups excluding carboxylic acids is 2. The van der Waals surface area contributed by atoms with Gasteiger partial charge in [-0.15, -0.1) is 0 Å². The van der Waals surface area contributed by atoms with Crippen LogP contribution in [0.3, 0.4) is 0 Å². The van der Waals surface area contributed by atoms with E-state index in [0.29, 0.717) is 36.8 Å². The number of halogens is 1. The van der Waals surface area contributed by atoms with E-state index in [-0.39, 0.29) is 23.3 Å². The maximum Gasteiger partial charge on any atom is 0.276 e. The molecule has 4 rings (SSSR count). The number of hydrogen-bond acceptors (Lipinski definition) is 4. The third kappa shape index (κ3) is 3.26. The summed E-state index contributed by atoms with van der Waals surface area (Å²) in [5.41, 5.74) is 0.800. The number of rotatable bonds is 4. The molecule has 2 fully saturated rings. The molecular weight excluding hydrogens is 325 g/mol. The van der Waals surface area contributed by atoms with Crippen molar-refractivity contribution in [2.24, 2.45) is 5.92 Å². The maximum atomic E-state index is 13.0. The van der Waals surface area contributed by atoms with Crippen molar-refractivity contribution in [2.75, 3.05) is 13.1 Å². The molecule has 2 heterocycles. The van der Waals surface area contributed by atoms with E-state index in [2.05, 4.69) is 10.5 Å². The predicted molar refractivity (Wildman–Crippen MR) is 87.1 cm³/mol. The molecule has 1 N–H and O–H groups in total. The fourth-order valence-electron chi connectivity index (χ4n) is 3.13. The van der Waals surface area contributed by atoms with Gasteiger partial charge in [-0.25, -0.2) is 4.39 Å². The lowest BCUT2D eigenvalue weighted by molar-refractivity contribution is -0.128. The van der Waals surface area contributed by atoms with E-state index >= 15 is 0 Å². The van der Waals surface area contributed by atoms with Gasteiger partial charge in [-0.2, -0.15) is 0 Å². The first-order valence-electron chi connectivity index (χ1n) is 8.43. The van der Waals surface area contributed by atoms with E-state index in [9.17, 15) is 14.0 Å². The van der Waals surface area contributed by atoms with Gasteiger partial charge in [-0.3, -0.25) is 9.59 Å².